The molecule has 6 nitrogen and oxygen atoms in total. The lowest BCUT2D eigenvalue weighted by Crippen LogP contribution is -2.04. The summed E-state index contributed by atoms with van der Waals surface area (Å²) in [6.07, 6.45) is 5.19. The molecule has 0 atom stereocenters. The minimum absolute atomic E-state index is 0.0822. The number of para-hydroxylation sites is 1. The second-order valence-corrected chi connectivity index (χ2v) is 5.19. The fourth-order valence-corrected chi connectivity index (χ4v) is 2.31. The van der Waals surface area contributed by atoms with Crippen LogP contribution in [0.3, 0.4) is 0 Å². The van der Waals surface area contributed by atoms with Gasteiger partial charge in [-0.1, -0.05) is 18.1 Å². The molecule has 7 heteroatoms. The number of halogens is 1. The Labute approximate surface area is 150 Å². The van der Waals surface area contributed by atoms with Crippen molar-refractivity contribution < 1.29 is 18.3 Å². The number of hydrogen-bond donors (Lipinski definition) is 1. The number of nitrogens with one attached hydrogen (secondary N) is 1. The molecule has 0 saturated heterocycles. The lowest BCUT2D eigenvalue weighted by atomic mass is 10.2. The Bertz CT molecular complexity index is 934. The van der Waals surface area contributed by atoms with Crippen LogP contribution in [0.5, 0.6) is 11.5 Å². The first-order chi connectivity index (χ1) is 12.7. The molecular formula is C19H16FN3O3. The van der Waals surface area contributed by atoms with Crippen molar-refractivity contribution in [2.75, 3.05) is 19.0 Å². The predicted molar refractivity (Wildman–Crippen MR) is 94.3 cm³/mol. The van der Waals surface area contributed by atoms with E-state index in [4.69, 9.17) is 20.3 Å². The third kappa shape index (κ3) is 3.92. The summed E-state index contributed by atoms with van der Waals surface area (Å²) >= 11 is 0. The maximum atomic E-state index is 13.5. The first-order valence-electron chi connectivity index (χ1n) is 7.76. The molecule has 0 fully saturated rings. The molecule has 0 aliphatic carbocycles. The summed E-state index contributed by atoms with van der Waals surface area (Å²) in [6, 6.07) is 11.4. The van der Waals surface area contributed by atoms with Gasteiger partial charge in [-0.3, -0.25) is 0 Å². The first-order valence-corrected chi connectivity index (χ1v) is 7.76. The zero-order valence-corrected chi connectivity index (χ0v) is 14.0. The maximum absolute atomic E-state index is 13.5. The Balaban J connectivity index is 1.75. The van der Waals surface area contributed by atoms with Gasteiger partial charge in [-0.05, 0) is 24.3 Å². The number of aromatic nitrogens is 2. The molecule has 1 N–H and O–H groups in total. The van der Waals surface area contributed by atoms with Crippen LogP contribution in [-0.4, -0.2) is 23.9 Å². The normalized spacial score (nSPS) is 10.2. The van der Waals surface area contributed by atoms with Crippen molar-refractivity contribution in [3.63, 3.8) is 0 Å². The molecule has 0 amide bonds. The van der Waals surface area contributed by atoms with Gasteiger partial charge in [0.1, 0.15) is 23.9 Å². The molecule has 2 aromatic carbocycles. The van der Waals surface area contributed by atoms with Crippen LogP contribution >= 0.6 is 0 Å². The molecule has 132 valence electrons. The van der Waals surface area contributed by atoms with Gasteiger partial charge in [-0.15, -0.1) is 16.6 Å². The minimum atomic E-state index is -0.402. The van der Waals surface area contributed by atoms with Crippen LogP contribution in [0, 0.1) is 18.2 Å². The number of anilines is 1. The lowest BCUT2D eigenvalue weighted by molar-refractivity contribution is 0.371. The van der Waals surface area contributed by atoms with E-state index in [1.54, 1.807) is 13.2 Å². The number of terminal acetylenes is 1. The van der Waals surface area contributed by atoms with E-state index in [9.17, 15) is 4.39 Å². The number of benzene rings is 2. The lowest BCUT2D eigenvalue weighted by Gasteiger charge is -2.10. The summed E-state index contributed by atoms with van der Waals surface area (Å²) in [4.78, 5) is 0. The molecule has 1 aromatic heterocycles. The molecule has 0 saturated carbocycles. The van der Waals surface area contributed by atoms with Crippen molar-refractivity contribution in [2.24, 2.45) is 0 Å². The highest BCUT2D eigenvalue weighted by atomic mass is 19.1. The largest absolute Gasteiger partial charge is 0.496 e. The Morgan fingerprint density at radius 2 is 2.04 bits per heavy atom. The third-order valence-corrected chi connectivity index (χ3v) is 3.49. The topological polar surface area (TPSA) is 69.4 Å². The fourth-order valence-electron chi connectivity index (χ4n) is 2.31. The Morgan fingerprint density at radius 3 is 2.85 bits per heavy atom. The zero-order valence-electron chi connectivity index (χ0n) is 14.0. The number of hydrogen-bond acceptors (Lipinski definition) is 6. The van der Waals surface area contributed by atoms with Crippen molar-refractivity contribution in [3.8, 4) is 35.3 Å². The van der Waals surface area contributed by atoms with E-state index in [-0.39, 0.29) is 13.2 Å². The molecule has 0 aliphatic rings. The van der Waals surface area contributed by atoms with E-state index in [2.05, 4.69) is 21.4 Å². The van der Waals surface area contributed by atoms with Crippen LogP contribution in [0.1, 0.15) is 5.89 Å². The standard InChI is InChI=1S/C19H16FN3O3/c1-3-10-25-17-9-8-13(20)11-15(17)21-12-18-22-23-19(26-18)14-6-4-5-7-16(14)24-2/h1,4-9,11,21H,10,12H2,2H3. The average molecular weight is 353 g/mol. The highest BCUT2D eigenvalue weighted by molar-refractivity contribution is 5.62. The van der Waals surface area contributed by atoms with Gasteiger partial charge in [0.05, 0.1) is 24.9 Å². The average Bonchev–Trinajstić information content (AvgIpc) is 3.14. The quantitative estimate of drug-likeness (QED) is 0.656. The van der Waals surface area contributed by atoms with E-state index in [1.165, 1.54) is 18.2 Å². The maximum Gasteiger partial charge on any atom is 0.251 e. The molecule has 3 rings (SSSR count). The minimum Gasteiger partial charge on any atom is -0.496 e. The van der Waals surface area contributed by atoms with Gasteiger partial charge in [0.25, 0.3) is 5.89 Å². The summed E-state index contributed by atoms with van der Waals surface area (Å²) in [5, 5.41) is 11.0. The van der Waals surface area contributed by atoms with E-state index in [0.717, 1.165) is 0 Å². The number of methoxy groups -OCH3 is 1. The Morgan fingerprint density at radius 1 is 1.19 bits per heavy atom. The summed E-state index contributed by atoms with van der Waals surface area (Å²) in [5.74, 6) is 3.70. The van der Waals surface area contributed by atoms with Gasteiger partial charge in [0, 0.05) is 6.07 Å². The SMILES string of the molecule is C#CCOc1ccc(F)cc1NCc1nnc(-c2ccccc2OC)o1. The molecule has 0 bridgehead atoms. The van der Waals surface area contributed by atoms with Gasteiger partial charge in [0.15, 0.2) is 0 Å². The smallest absolute Gasteiger partial charge is 0.251 e. The van der Waals surface area contributed by atoms with Crippen molar-refractivity contribution in [2.45, 2.75) is 6.54 Å². The van der Waals surface area contributed by atoms with E-state index >= 15 is 0 Å². The molecule has 3 aromatic rings. The summed E-state index contributed by atoms with van der Waals surface area (Å²) in [6.45, 7) is 0.275. The van der Waals surface area contributed by atoms with Crippen LogP contribution in [-0.2, 0) is 6.54 Å². The van der Waals surface area contributed by atoms with Gasteiger partial charge in [0.2, 0.25) is 5.89 Å². The third-order valence-electron chi connectivity index (χ3n) is 3.49. The van der Waals surface area contributed by atoms with E-state index in [0.29, 0.717) is 34.5 Å². The van der Waals surface area contributed by atoms with Gasteiger partial charge >= 0.3 is 0 Å². The molecule has 0 radical (unpaired) electrons. The highest BCUT2D eigenvalue weighted by Gasteiger charge is 2.13. The molecule has 0 unspecified atom stereocenters. The summed E-state index contributed by atoms with van der Waals surface area (Å²) in [5.41, 5.74) is 1.13. The number of nitrogens with zero attached hydrogens (tertiary/aromatic N) is 2. The van der Waals surface area contributed by atoms with Crippen molar-refractivity contribution in [1.29, 1.82) is 0 Å². The van der Waals surface area contributed by atoms with Crippen LogP contribution < -0.4 is 14.8 Å². The first kappa shape index (κ1) is 17.3. The second kappa shape index (κ2) is 8.03. The van der Waals surface area contributed by atoms with E-state index in [1.807, 2.05) is 18.2 Å². The zero-order chi connectivity index (χ0) is 18.4. The number of rotatable bonds is 7. The molecule has 1 heterocycles. The predicted octanol–water partition coefficient (Wildman–Crippen LogP) is 3.51. The highest BCUT2D eigenvalue weighted by Crippen LogP contribution is 2.29. The molecular weight excluding hydrogens is 337 g/mol. The fraction of sp³-hybridized carbons (Fsp3) is 0.158. The summed E-state index contributed by atoms with van der Waals surface area (Å²) < 4.78 is 29.8. The van der Waals surface area contributed by atoms with Crippen LogP contribution in [0.25, 0.3) is 11.5 Å². The Kier molecular flexibility index (Phi) is 5.34. The Hall–Kier alpha value is -3.53. The molecule has 0 aliphatic heterocycles. The molecule has 26 heavy (non-hydrogen) atoms. The van der Waals surface area contributed by atoms with Gasteiger partial charge in [-0.2, -0.15) is 0 Å². The van der Waals surface area contributed by atoms with E-state index < -0.39 is 5.82 Å². The van der Waals surface area contributed by atoms with Crippen molar-refractivity contribution >= 4 is 5.69 Å². The number of ether oxygens (including phenoxy) is 2. The molecule has 0 spiro atoms. The van der Waals surface area contributed by atoms with Crippen molar-refractivity contribution in [3.05, 3.63) is 54.2 Å². The van der Waals surface area contributed by atoms with Crippen LogP contribution in [0.4, 0.5) is 10.1 Å². The van der Waals surface area contributed by atoms with Gasteiger partial charge in [-0.25, -0.2) is 4.39 Å². The monoisotopic (exact) mass is 353 g/mol. The van der Waals surface area contributed by atoms with Crippen LogP contribution in [0.2, 0.25) is 0 Å². The summed E-state index contributed by atoms with van der Waals surface area (Å²) in [7, 11) is 1.57. The van der Waals surface area contributed by atoms with Gasteiger partial charge < -0.3 is 19.2 Å². The van der Waals surface area contributed by atoms with Crippen molar-refractivity contribution in [1.82, 2.24) is 10.2 Å². The van der Waals surface area contributed by atoms with Crippen LogP contribution in [0.15, 0.2) is 46.9 Å². The second-order valence-electron chi connectivity index (χ2n) is 5.19.